The summed E-state index contributed by atoms with van der Waals surface area (Å²) in [5, 5.41) is 0. The molecule has 0 aliphatic rings. The molecule has 0 amide bonds. The number of benzene rings is 1. The largest absolute Gasteiger partial charge is 0.454 e. The Morgan fingerprint density at radius 2 is 2.00 bits per heavy atom. The smallest absolute Gasteiger partial charge is 0.285 e. The van der Waals surface area contributed by atoms with Crippen LogP contribution in [0.25, 0.3) is 6.08 Å². The van der Waals surface area contributed by atoms with Crippen molar-refractivity contribution in [2.75, 3.05) is 0 Å². The van der Waals surface area contributed by atoms with Crippen LogP contribution in [0, 0.1) is 0 Å². The van der Waals surface area contributed by atoms with Gasteiger partial charge in [-0.2, -0.15) is 13.2 Å². The highest BCUT2D eigenvalue weighted by Gasteiger charge is 2.35. The molecule has 0 heterocycles. The predicted molar refractivity (Wildman–Crippen MR) is 54.2 cm³/mol. The van der Waals surface area contributed by atoms with Crippen LogP contribution in [0.5, 0.6) is 0 Å². The number of carbonyl (C=O) groups excluding carboxylic acids is 1. The van der Waals surface area contributed by atoms with E-state index in [9.17, 15) is 18.0 Å². The summed E-state index contributed by atoms with van der Waals surface area (Å²) in [5.41, 5.74) is 0.530. The lowest BCUT2D eigenvalue weighted by atomic mass is 10.2. The first-order valence-electron chi connectivity index (χ1n) is 3.94. The Hall–Kier alpha value is -1.10. The van der Waals surface area contributed by atoms with Crippen LogP contribution in [0.1, 0.15) is 5.56 Å². The van der Waals surface area contributed by atoms with E-state index in [1.54, 1.807) is 24.3 Å². The zero-order chi connectivity index (χ0) is 11.5. The fraction of sp³-hybridized carbons (Fsp3) is 0.100. The van der Waals surface area contributed by atoms with Gasteiger partial charge >= 0.3 is 6.18 Å². The van der Waals surface area contributed by atoms with Crippen molar-refractivity contribution in [1.82, 2.24) is 0 Å². The minimum atomic E-state index is -4.80. The van der Waals surface area contributed by atoms with Gasteiger partial charge in [-0.3, -0.25) is 4.79 Å². The highest BCUT2D eigenvalue weighted by atomic mass is 79.9. The van der Waals surface area contributed by atoms with Crippen LogP contribution < -0.4 is 0 Å². The van der Waals surface area contributed by atoms with Crippen molar-refractivity contribution in [3.05, 3.63) is 40.4 Å². The van der Waals surface area contributed by atoms with E-state index in [0.29, 0.717) is 11.6 Å². The second-order valence-electron chi connectivity index (χ2n) is 2.75. The number of ketones is 1. The maximum atomic E-state index is 11.8. The van der Waals surface area contributed by atoms with Gasteiger partial charge in [0.25, 0.3) is 5.78 Å². The van der Waals surface area contributed by atoms with Crippen molar-refractivity contribution in [2.45, 2.75) is 6.18 Å². The van der Waals surface area contributed by atoms with E-state index in [4.69, 9.17) is 0 Å². The summed E-state index contributed by atoms with van der Waals surface area (Å²) in [4.78, 5) is 10.5. The van der Waals surface area contributed by atoms with Gasteiger partial charge in [-0.1, -0.05) is 34.1 Å². The predicted octanol–water partition coefficient (Wildman–Crippen LogP) is 3.59. The van der Waals surface area contributed by atoms with Gasteiger partial charge in [0.05, 0.1) is 0 Å². The van der Waals surface area contributed by atoms with E-state index in [-0.39, 0.29) is 0 Å². The molecule has 15 heavy (non-hydrogen) atoms. The molecule has 0 saturated carbocycles. The van der Waals surface area contributed by atoms with Crippen LogP contribution >= 0.6 is 15.9 Å². The fourth-order valence-electron chi connectivity index (χ4n) is 0.877. The van der Waals surface area contributed by atoms with Gasteiger partial charge in [-0.05, 0) is 23.8 Å². The number of rotatable bonds is 2. The lowest BCUT2D eigenvalue weighted by Gasteiger charge is -1.99. The van der Waals surface area contributed by atoms with Gasteiger partial charge in [0, 0.05) is 4.47 Å². The van der Waals surface area contributed by atoms with Crippen molar-refractivity contribution in [1.29, 1.82) is 0 Å². The zero-order valence-corrected chi connectivity index (χ0v) is 8.97. The van der Waals surface area contributed by atoms with Gasteiger partial charge in [0.15, 0.2) is 0 Å². The van der Waals surface area contributed by atoms with Gasteiger partial charge in [0.1, 0.15) is 0 Å². The lowest BCUT2D eigenvalue weighted by Crippen LogP contribution is -2.19. The first kappa shape index (κ1) is 12.0. The van der Waals surface area contributed by atoms with E-state index in [1.165, 1.54) is 0 Å². The van der Waals surface area contributed by atoms with Crippen LogP contribution in [0.3, 0.4) is 0 Å². The molecule has 0 fully saturated rings. The molecule has 1 aromatic carbocycles. The third-order valence-electron chi connectivity index (χ3n) is 1.56. The molecule has 0 bridgehead atoms. The monoisotopic (exact) mass is 278 g/mol. The second kappa shape index (κ2) is 4.61. The number of halogens is 4. The molecule has 0 aromatic heterocycles. The molecule has 0 aliphatic carbocycles. The number of carbonyl (C=O) groups is 1. The van der Waals surface area contributed by atoms with Crippen molar-refractivity contribution in [3.8, 4) is 0 Å². The summed E-state index contributed by atoms with van der Waals surface area (Å²) in [5.74, 6) is -1.86. The highest BCUT2D eigenvalue weighted by molar-refractivity contribution is 9.10. The minimum absolute atomic E-state index is 0.516. The molecule has 0 atom stereocenters. The molecule has 0 N–H and O–H groups in total. The van der Waals surface area contributed by atoms with Crippen LogP contribution in [0.15, 0.2) is 34.8 Å². The number of hydrogen-bond acceptors (Lipinski definition) is 1. The molecule has 80 valence electrons. The molecule has 0 saturated heterocycles. The number of alkyl halides is 3. The first-order chi connectivity index (χ1) is 6.89. The Kier molecular flexibility index (Phi) is 3.68. The standard InChI is InChI=1S/C10H6BrF3O/c11-8-3-1-2-7(6-8)4-5-9(15)10(12,13)14/h1-6H/b5-4+. The van der Waals surface area contributed by atoms with Crippen molar-refractivity contribution < 1.29 is 18.0 Å². The van der Waals surface area contributed by atoms with E-state index < -0.39 is 12.0 Å². The van der Waals surface area contributed by atoms with E-state index in [2.05, 4.69) is 15.9 Å². The van der Waals surface area contributed by atoms with Crippen LogP contribution in [0.2, 0.25) is 0 Å². The Balaban J connectivity index is 2.79. The van der Waals surface area contributed by atoms with E-state index in [1.807, 2.05) is 0 Å². The average molecular weight is 279 g/mol. The van der Waals surface area contributed by atoms with Gasteiger partial charge in [-0.25, -0.2) is 0 Å². The molecular formula is C10H6BrF3O. The first-order valence-corrected chi connectivity index (χ1v) is 4.74. The minimum Gasteiger partial charge on any atom is -0.285 e. The van der Waals surface area contributed by atoms with Gasteiger partial charge in [-0.15, -0.1) is 0 Å². The Morgan fingerprint density at radius 3 is 2.53 bits per heavy atom. The quantitative estimate of drug-likeness (QED) is 0.756. The molecule has 0 aliphatic heterocycles. The molecule has 0 spiro atoms. The maximum absolute atomic E-state index is 11.8. The topological polar surface area (TPSA) is 17.1 Å². The molecule has 1 aromatic rings. The van der Waals surface area contributed by atoms with Crippen LogP contribution in [-0.2, 0) is 4.79 Å². The summed E-state index contributed by atoms with van der Waals surface area (Å²) in [6.45, 7) is 0. The maximum Gasteiger partial charge on any atom is 0.454 e. The van der Waals surface area contributed by atoms with E-state index in [0.717, 1.165) is 10.5 Å². The highest BCUT2D eigenvalue weighted by Crippen LogP contribution is 2.18. The third-order valence-corrected chi connectivity index (χ3v) is 2.05. The average Bonchev–Trinajstić information content (AvgIpc) is 2.12. The number of allylic oxidation sites excluding steroid dienone is 1. The molecule has 0 unspecified atom stereocenters. The van der Waals surface area contributed by atoms with Crippen LogP contribution in [-0.4, -0.2) is 12.0 Å². The van der Waals surface area contributed by atoms with Crippen LogP contribution in [0.4, 0.5) is 13.2 Å². The second-order valence-corrected chi connectivity index (χ2v) is 3.67. The normalized spacial score (nSPS) is 12.0. The SMILES string of the molecule is O=C(/C=C/c1cccc(Br)c1)C(F)(F)F. The van der Waals surface area contributed by atoms with Gasteiger partial charge in [0.2, 0.25) is 0 Å². The molecule has 1 rings (SSSR count). The lowest BCUT2D eigenvalue weighted by molar-refractivity contribution is -0.165. The van der Waals surface area contributed by atoms with Crippen molar-refractivity contribution in [3.63, 3.8) is 0 Å². The van der Waals surface area contributed by atoms with E-state index >= 15 is 0 Å². The van der Waals surface area contributed by atoms with Gasteiger partial charge < -0.3 is 0 Å². The van der Waals surface area contributed by atoms with Crippen molar-refractivity contribution in [2.24, 2.45) is 0 Å². The molecule has 0 radical (unpaired) electrons. The fourth-order valence-corrected chi connectivity index (χ4v) is 1.29. The summed E-state index contributed by atoms with van der Waals surface area (Å²) >= 11 is 3.17. The Morgan fingerprint density at radius 1 is 1.33 bits per heavy atom. The Bertz CT molecular complexity index is 396. The molecule has 1 nitrogen and oxygen atoms in total. The zero-order valence-electron chi connectivity index (χ0n) is 7.38. The number of hydrogen-bond donors (Lipinski definition) is 0. The summed E-state index contributed by atoms with van der Waals surface area (Å²) in [6.07, 6.45) is -3.16. The molecule has 5 heteroatoms. The third kappa shape index (κ3) is 3.87. The molecular weight excluding hydrogens is 273 g/mol. The summed E-state index contributed by atoms with van der Waals surface area (Å²) in [6, 6.07) is 6.62. The summed E-state index contributed by atoms with van der Waals surface area (Å²) in [7, 11) is 0. The summed E-state index contributed by atoms with van der Waals surface area (Å²) < 4.78 is 36.2. The Labute approximate surface area is 92.7 Å². The van der Waals surface area contributed by atoms with Crippen molar-refractivity contribution >= 4 is 27.8 Å².